The first-order valence-corrected chi connectivity index (χ1v) is 8.95. The highest BCUT2D eigenvalue weighted by molar-refractivity contribution is 7.98. The first-order valence-electron chi connectivity index (χ1n) is 7.32. The van der Waals surface area contributed by atoms with E-state index in [0.29, 0.717) is 4.99 Å². The topological polar surface area (TPSA) is 38.0 Å². The Labute approximate surface area is 131 Å². The van der Waals surface area contributed by atoms with Gasteiger partial charge >= 0.3 is 0 Å². The second-order valence-corrected chi connectivity index (χ2v) is 7.04. The largest absolute Gasteiger partial charge is 0.389 e. The standard InChI is InChI=1S/C16H24N2S2/c1-11-6-8-12(9-7-11)10-18-13-4-3-5-14(20-2)15(13)16(17)19/h3-5,11-12,18H,6-10H2,1-2H3,(H2,17,19). The molecule has 1 aliphatic rings. The molecule has 1 aromatic rings. The summed E-state index contributed by atoms with van der Waals surface area (Å²) in [6, 6.07) is 6.23. The maximum Gasteiger partial charge on any atom is 0.107 e. The van der Waals surface area contributed by atoms with E-state index in [0.717, 1.165) is 34.5 Å². The monoisotopic (exact) mass is 308 g/mol. The highest BCUT2D eigenvalue weighted by Gasteiger charge is 2.18. The Morgan fingerprint density at radius 1 is 1.35 bits per heavy atom. The molecule has 20 heavy (non-hydrogen) atoms. The third kappa shape index (κ3) is 3.89. The van der Waals surface area contributed by atoms with E-state index in [2.05, 4.69) is 36.7 Å². The van der Waals surface area contributed by atoms with Crippen molar-refractivity contribution in [2.45, 2.75) is 37.5 Å². The number of thiocarbonyl (C=S) groups is 1. The maximum absolute atomic E-state index is 5.90. The van der Waals surface area contributed by atoms with E-state index in [1.54, 1.807) is 11.8 Å². The summed E-state index contributed by atoms with van der Waals surface area (Å²) in [6.07, 6.45) is 7.44. The van der Waals surface area contributed by atoms with Crippen LogP contribution in [0.5, 0.6) is 0 Å². The minimum Gasteiger partial charge on any atom is -0.389 e. The van der Waals surface area contributed by atoms with Crippen molar-refractivity contribution < 1.29 is 0 Å². The van der Waals surface area contributed by atoms with Crippen molar-refractivity contribution in [3.8, 4) is 0 Å². The van der Waals surface area contributed by atoms with Crippen molar-refractivity contribution in [3.63, 3.8) is 0 Å². The predicted molar refractivity (Wildman–Crippen MR) is 93.7 cm³/mol. The molecule has 0 unspecified atom stereocenters. The van der Waals surface area contributed by atoms with E-state index in [1.807, 2.05) is 0 Å². The summed E-state index contributed by atoms with van der Waals surface area (Å²) in [5.74, 6) is 1.68. The minimum absolute atomic E-state index is 0.481. The fourth-order valence-electron chi connectivity index (χ4n) is 2.89. The molecule has 1 saturated carbocycles. The molecule has 2 nitrogen and oxygen atoms in total. The van der Waals surface area contributed by atoms with Gasteiger partial charge in [-0.1, -0.05) is 38.0 Å². The van der Waals surface area contributed by atoms with Gasteiger partial charge in [-0.25, -0.2) is 0 Å². The number of thioether (sulfide) groups is 1. The molecule has 0 atom stereocenters. The molecular weight excluding hydrogens is 284 g/mol. The summed E-state index contributed by atoms with van der Waals surface area (Å²) in [4.78, 5) is 1.63. The third-order valence-corrected chi connectivity index (χ3v) is 5.19. The van der Waals surface area contributed by atoms with Crippen molar-refractivity contribution in [1.82, 2.24) is 0 Å². The van der Waals surface area contributed by atoms with E-state index in [4.69, 9.17) is 18.0 Å². The number of nitrogens with one attached hydrogen (secondary N) is 1. The summed E-state index contributed by atoms with van der Waals surface area (Å²) >= 11 is 6.91. The molecule has 0 heterocycles. The lowest BCUT2D eigenvalue weighted by Gasteiger charge is -2.27. The Balaban J connectivity index is 2.04. The van der Waals surface area contributed by atoms with Gasteiger partial charge in [0.05, 0.1) is 0 Å². The molecule has 1 fully saturated rings. The van der Waals surface area contributed by atoms with Gasteiger partial charge in [-0.15, -0.1) is 11.8 Å². The van der Waals surface area contributed by atoms with Gasteiger partial charge in [-0.2, -0.15) is 0 Å². The zero-order valence-corrected chi connectivity index (χ0v) is 13.9. The molecule has 110 valence electrons. The molecule has 0 saturated heterocycles. The van der Waals surface area contributed by atoms with Crippen molar-refractivity contribution in [3.05, 3.63) is 23.8 Å². The number of anilines is 1. The van der Waals surface area contributed by atoms with Crippen molar-refractivity contribution in [2.24, 2.45) is 17.6 Å². The van der Waals surface area contributed by atoms with Gasteiger partial charge in [0.2, 0.25) is 0 Å². The van der Waals surface area contributed by atoms with Crippen LogP contribution in [0, 0.1) is 11.8 Å². The maximum atomic E-state index is 5.90. The van der Waals surface area contributed by atoms with Crippen LogP contribution in [0.25, 0.3) is 0 Å². The van der Waals surface area contributed by atoms with Crippen LogP contribution in [-0.2, 0) is 0 Å². The quantitative estimate of drug-likeness (QED) is 0.629. The third-order valence-electron chi connectivity index (χ3n) is 4.21. The summed E-state index contributed by atoms with van der Waals surface area (Å²) in [5, 5.41) is 3.57. The predicted octanol–water partition coefficient (Wildman–Crippen LogP) is 4.28. The number of hydrogen-bond donors (Lipinski definition) is 2. The second-order valence-electron chi connectivity index (χ2n) is 5.75. The molecule has 0 amide bonds. The minimum atomic E-state index is 0.481. The lowest BCUT2D eigenvalue weighted by molar-refractivity contribution is 0.300. The van der Waals surface area contributed by atoms with Gasteiger partial charge < -0.3 is 11.1 Å². The smallest absolute Gasteiger partial charge is 0.107 e. The Kier molecular flexibility index (Phi) is 5.73. The van der Waals surface area contributed by atoms with Crippen LogP contribution in [-0.4, -0.2) is 17.8 Å². The summed E-state index contributed by atoms with van der Waals surface area (Å²) in [6.45, 7) is 3.39. The highest BCUT2D eigenvalue weighted by atomic mass is 32.2. The lowest BCUT2D eigenvalue weighted by Crippen LogP contribution is -2.22. The van der Waals surface area contributed by atoms with Crippen molar-refractivity contribution in [2.75, 3.05) is 18.1 Å². The second kappa shape index (κ2) is 7.32. The normalized spacial score (nSPS) is 22.5. The molecular formula is C16H24N2S2. The summed E-state index contributed by atoms with van der Waals surface area (Å²) in [5.41, 5.74) is 7.98. The van der Waals surface area contributed by atoms with Crippen molar-refractivity contribution >= 4 is 34.7 Å². The van der Waals surface area contributed by atoms with Gasteiger partial charge in [-0.05, 0) is 43.1 Å². The first kappa shape index (κ1) is 15.6. The highest BCUT2D eigenvalue weighted by Crippen LogP contribution is 2.30. The molecule has 0 aliphatic heterocycles. The van der Waals surface area contributed by atoms with Crippen molar-refractivity contribution in [1.29, 1.82) is 0 Å². The molecule has 0 spiro atoms. The summed E-state index contributed by atoms with van der Waals surface area (Å²) < 4.78 is 0. The SMILES string of the molecule is CSc1cccc(NCC2CCC(C)CC2)c1C(N)=S. The molecule has 2 rings (SSSR count). The fraction of sp³-hybridized carbons (Fsp3) is 0.562. The van der Waals surface area contributed by atoms with Gasteiger partial charge in [0.25, 0.3) is 0 Å². The van der Waals surface area contributed by atoms with Gasteiger partial charge in [0, 0.05) is 22.7 Å². The Bertz CT molecular complexity index is 466. The average Bonchev–Trinajstić information content (AvgIpc) is 2.46. The Morgan fingerprint density at radius 2 is 2.05 bits per heavy atom. The number of benzene rings is 1. The van der Waals surface area contributed by atoms with E-state index < -0.39 is 0 Å². The first-order chi connectivity index (χ1) is 9.61. The zero-order chi connectivity index (χ0) is 14.5. The van der Waals surface area contributed by atoms with E-state index in [1.165, 1.54) is 25.7 Å². The van der Waals surface area contributed by atoms with Crippen LogP contribution in [0.1, 0.15) is 38.2 Å². The average molecular weight is 309 g/mol. The van der Waals surface area contributed by atoms with Crippen LogP contribution >= 0.6 is 24.0 Å². The van der Waals surface area contributed by atoms with Crippen LogP contribution in [0.4, 0.5) is 5.69 Å². The van der Waals surface area contributed by atoms with Crippen LogP contribution < -0.4 is 11.1 Å². The molecule has 1 aliphatic carbocycles. The van der Waals surface area contributed by atoms with E-state index in [9.17, 15) is 0 Å². The van der Waals surface area contributed by atoms with Crippen LogP contribution in [0.15, 0.2) is 23.1 Å². The summed E-state index contributed by atoms with van der Waals surface area (Å²) in [7, 11) is 0. The van der Waals surface area contributed by atoms with E-state index >= 15 is 0 Å². The molecule has 3 N–H and O–H groups in total. The molecule has 0 aromatic heterocycles. The van der Waals surface area contributed by atoms with Crippen LogP contribution in [0.2, 0.25) is 0 Å². The van der Waals surface area contributed by atoms with Gasteiger partial charge in [0.15, 0.2) is 0 Å². The molecule has 0 bridgehead atoms. The molecule has 0 radical (unpaired) electrons. The van der Waals surface area contributed by atoms with Gasteiger partial charge in [-0.3, -0.25) is 0 Å². The zero-order valence-electron chi connectivity index (χ0n) is 12.3. The van der Waals surface area contributed by atoms with Gasteiger partial charge in [0.1, 0.15) is 4.99 Å². The molecule has 4 heteroatoms. The Morgan fingerprint density at radius 3 is 2.65 bits per heavy atom. The van der Waals surface area contributed by atoms with E-state index in [-0.39, 0.29) is 0 Å². The Hall–Kier alpha value is -0.740. The number of rotatable bonds is 5. The number of nitrogens with two attached hydrogens (primary N) is 1. The molecule has 1 aromatic carbocycles. The lowest BCUT2D eigenvalue weighted by atomic mass is 9.83. The fourth-order valence-corrected chi connectivity index (χ4v) is 3.81. The number of hydrogen-bond acceptors (Lipinski definition) is 3. The van der Waals surface area contributed by atoms with Crippen LogP contribution in [0.3, 0.4) is 0 Å².